The van der Waals surface area contributed by atoms with Crippen LogP contribution in [0.25, 0.3) is 0 Å². The molecule has 0 saturated heterocycles. The van der Waals surface area contributed by atoms with Gasteiger partial charge in [-0.15, -0.1) is 0 Å². The van der Waals surface area contributed by atoms with Crippen molar-refractivity contribution in [2.45, 2.75) is 26.0 Å². The number of para-hydroxylation sites is 1. The molecule has 5 nitrogen and oxygen atoms in total. The molecule has 0 aliphatic carbocycles. The Balaban J connectivity index is 1.81. The van der Waals surface area contributed by atoms with Crippen LogP contribution in [0.4, 0.5) is 0 Å². The van der Waals surface area contributed by atoms with E-state index in [-0.39, 0.29) is 6.04 Å². The average molecular weight is 396 g/mol. The second-order valence-electron chi connectivity index (χ2n) is 5.64. The van der Waals surface area contributed by atoms with Crippen LogP contribution in [0, 0.1) is 0 Å². The fourth-order valence-electron chi connectivity index (χ4n) is 2.22. The predicted molar refractivity (Wildman–Crippen MR) is 101 cm³/mol. The van der Waals surface area contributed by atoms with Gasteiger partial charge in [-0.3, -0.25) is 4.79 Å². The maximum atomic E-state index is 12.0. The minimum absolute atomic E-state index is 0.357. The van der Waals surface area contributed by atoms with Gasteiger partial charge < -0.3 is 14.8 Å². The molecular formula is C19H19Cl2NO4. The van der Waals surface area contributed by atoms with Crippen molar-refractivity contribution in [2.75, 3.05) is 6.61 Å². The molecule has 0 aromatic heterocycles. The lowest BCUT2D eigenvalue weighted by Crippen LogP contribution is -2.34. The first kappa shape index (κ1) is 20.1. The standard InChI is InChI=1S/C19H19Cl2NO4/c1-12(16-9-8-14(20)10-17(16)21)22-18(23)11-25-19(24)13(2)26-15-6-4-3-5-7-15/h3-10,12-13H,11H2,1-2H3,(H,22,23)/t12-,13-/m1/s1. The van der Waals surface area contributed by atoms with Gasteiger partial charge >= 0.3 is 5.97 Å². The molecule has 1 amide bonds. The third-order valence-electron chi connectivity index (χ3n) is 3.54. The molecule has 0 heterocycles. The monoisotopic (exact) mass is 395 g/mol. The minimum atomic E-state index is -0.826. The van der Waals surface area contributed by atoms with E-state index in [1.807, 2.05) is 6.07 Å². The van der Waals surface area contributed by atoms with Crippen LogP contribution in [0.15, 0.2) is 48.5 Å². The SMILES string of the molecule is C[C@@H](Oc1ccccc1)C(=O)OCC(=O)N[C@H](C)c1ccc(Cl)cc1Cl. The summed E-state index contributed by atoms with van der Waals surface area (Å²) in [6.07, 6.45) is -0.826. The predicted octanol–water partition coefficient (Wildman–Crippen LogP) is 4.18. The lowest BCUT2D eigenvalue weighted by Gasteiger charge is -2.17. The summed E-state index contributed by atoms with van der Waals surface area (Å²) in [5.41, 5.74) is 0.719. The van der Waals surface area contributed by atoms with Gasteiger partial charge in [-0.25, -0.2) is 4.79 Å². The molecule has 0 fully saturated rings. The van der Waals surface area contributed by atoms with E-state index >= 15 is 0 Å². The molecule has 26 heavy (non-hydrogen) atoms. The van der Waals surface area contributed by atoms with Crippen molar-refractivity contribution in [3.05, 3.63) is 64.1 Å². The van der Waals surface area contributed by atoms with Gasteiger partial charge in [-0.2, -0.15) is 0 Å². The van der Waals surface area contributed by atoms with Gasteiger partial charge in [-0.05, 0) is 43.7 Å². The van der Waals surface area contributed by atoms with Crippen LogP contribution in [0.2, 0.25) is 10.0 Å². The van der Waals surface area contributed by atoms with Crippen molar-refractivity contribution in [2.24, 2.45) is 0 Å². The second kappa shape index (κ2) is 9.46. The number of nitrogens with one attached hydrogen (secondary N) is 1. The Hall–Kier alpha value is -2.24. The molecule has 0 saturated carbocycles. The molecule has 0 radical (unpaired) electrons. The van der Waals surface area contributed by atoms with Crippen molar-refractivity contribution < 1.29 is 19.1 Å². The number of amides is 1. The van der Waals surface area contributed by atoms with Crippen molar-refractivity contribution >= 4 is 35.1 Å². The van der Waals surface area contributed by atoms with E-state index in [1.165, 1.54) is 0 Å². The summed E-state index contributed by atoms with van der Waals surface area (Å²) in [6, 6.07) is 13.6. The molecule has 138 valence electrons. The average Bonchev–Trinajstić information content (AvgIpc) is 2.60. The molecular weight excluding hydrogens is 377 g/mol. The second-order valence-corrected chi connectivity index (χ2v) is 6.48. The normalized spacial score (nSPS) is 12.8. The molecule has 2 aromatic rings. The Kier molecular flexibility index (Phi) is 7.30. The van der Waals surface area contributed by atoms with E-state index in [2.05, 4.69) is 5.32 Å². The molecule has 0 aliphatic heterocycles. The number of halogens is 2. The number of hydrogen-bond donors (Lipinski definition) is 1. The summed E-state index contributed by atoms with van der Waals surface area (Å²) < 4.78 is 10.4. The zero-order valence-electron chi connectivity index (χ0n) is 14.4. The number of carbonyl (C=O) groups excluding carboxylic acids is 2. The summed E-state index contributed by atoms with van der Waals surface area (Å²) in [6.45, 7) is 2.93. The first-order chi connectivity index (χ1) is 12.4. The summed E-state index contributed by atoms with van der Waals surface area (Å²) in [4.78, 5) is 23.9. The number of carbonyl (C=O) groups is 2. The first-order valence-electron chi connectivity index (χ1n) is 7.99. The summed E-state index contributed by atoms with van der Waals surface area (Å²) >= 11 is 12.0. The van der Waals surface area contributed by atoms with E-state index < -0.39 is 24.6 Å². The van der Waals surface area contributed by atoms with Crippen molar-refractivity contribution in [1.82, 2.24) is 5.32 Å². The topological polar surface area (TPSA) is 64.6 Å². The lowest BCUT2D eigenvalue weighted by atomic mass is 10.1. The van der Waals surface area contributed by atoms with Gasteiger partial charge in [0.05, 0.1) is 6.04 Å². The summed E-state index contributed by atoms with van der Waals surface area (Å²) in [5, 5.41) is 3.68. The van der Waals surface area contributed by atoms with Gasteiger partial charge in [-0.1, -0.05) is 47.5 Å². The smallest absolute Gasteiger partial charge is 0.347 e. The fourth-order valence-corrected chi connectivity index (χ4v) is 2.79. The molecule has 2 aromatic carbocycles. The van der Waals surface area contributed by atoms with Crippen molar-refractivity contribution in [3.8, 4) is 5.75 Å². The van der Waals surface area contributed by atoms with Crippen LogP contribution in [-0.2, 0) is 14.3 Å². The zero-order valence-corrected chi connectivity index (χ0v) is 15.9. The zero-order chi connectivity index (χ0) is 19.1. The van der Waals surface area contributed by atoms with E-state index in [0.29, 0.717) is 15.8 Å². The van der Waals surface area contributed by atoms with Crippen molar-refractivity contribution in [3.63, 3.8) is 0 Å². The Labute approximate surface area is 162 Å². The Bertz CT molecular complexity index is 767. The highest BCUT2D eigenvalue weighted by Gasteiger charge is 2.19. The minimum Gasteiger partial charge on any atom is -0.479 e. The molecule has 2 rings (SSSR count). The number of benzene rings is 2. The van der Waals surface area contributed by atoms with Crippen LogP contribution in [0.3, 0.4) is 0 Å². The molecule has 0 bridgehead atoms. The number of hydrogen-bond acceptors (Lipinski definition) is 4. The number of ether oxygens (including phenoxy) is 2. The van der Waals surface area contributed by atoms with E-state index in [4.69, 9.17) is 32.7 Å². The van der Waals surface area contributed by atoms with Crippen LogP contribution in [0.1, 0.15) is 25.5 Å². The third-order valence-corrected chi connectivity index (χ3v) is 4.10. The highest BCUT2D eigenvalue weighted by atomic mass is 35.5. The highest BCUT2D eigenvalue weighted by molar-refractivity contribution is 6.35. The van der Waals surface area contributed by atoms with E-state index in [0.717, 1.165) is 5.56 Å². The Morgan fingerprint density at radius 3 is 2.42 bits per heavy atom. The largest absolute Gasteiger partial charge is 0.479 e. The van der Waals surface area contributed by atoms with E-state index in [1.54, 1.807) is 56.3 Å². The molecule has 7 heteroatoms. The van der Waals surface area contributed by atoms with Gasteiger partial charge in [0.1, 0.15) is 5.75 Å². The van der Waals surface area contributed by atoms with Crippen LogP contribution in [0.5, 0.6) is 5.75 Å². The molecule has 0 spiro atoms. The molecule has 1 N–H and O–H groups in total. The first-order valence-corrected chi connectivity index (χ1v) is 8.75. The van der Waals surface area contributed by atoms with Gasteiger partial charge in [0.2, 0.25) is 0 Å². The number of rotatable bonds is 7. The quantitative estimate of drug-likeness (QED) is 0.714. The van der Waals surface area contributed by atoms with Crippen LogP contribution < -0.4 is 10.1 Å². The summed E-state index contributed by atoms with van der Waals surface area (Å²) in [7, 11) is 0. The van der Waals surface area contributed by atoms with Gasteiger partial charge in [0.15, 0.2) is 12.7 Å². The number of esters is 1. The third kappa shape index (κ3) is 5.93. The van der Waals surface area contributed by atoms with Crippen molar-refractivity contribution in [1.29, 1.82) is 0 Å². The summed E-state index contributed by atoms with van der Waals surface area (Å²) in [5.74, 6) is -0.516. The fraction of sp³-hybridized carbons (Fsp3) is 0.263. The van der Waals surface area contributed by atoms with Gasteiger partial charge in [0.25, 0.3) is 5.91 Å². The molecule has 0 aliphatic rings. The highest BCUT2D eigenvalue weighted by Crippen LogP contribution is 2.26. The maximum Gasteiger partial charge on any atom is 0.347 e. The molecule has 0 unspecified atom stereocenters. The Morgan fingerprint density at radius 2 is 1.77 bits per heavy atom. The molecule has 2 atom stereocenters. The maximum absolute atomic E-state index is 12.0. The Morgan fingerprint density at radius 1 is 1.08 bits per heavy atom. The lowest BCUT2D eigenvalue weighted by molar-refractivity contribution is -0.154. The van der Waals surface area contributed by atoms with Crippen LogP contribution in [-0.4, -0.2) is 24.6 Å². The van der Waals surface area contributed by atoms with Crippen LogP contribution >= 0.6 is 23.2 Å². The van der Waals surface area contributed by atoms with Gasteiger partial charge in [0, 0.05) is 10.0 Å². The van der Waals surface area contributed by atoms with E-state index in [9.17, 15) is 9.59 Å².